The first kappa shape index (κ1) is 35.1. The van der Waals surface area contributed by atoms with E-state index >= 15 is 0 Å². The third-order valence-corrected chi connectivity index (χ3v) is 12.9. The summed E-state index contributed by atoms with van der Waals surface area (Å²) >= 11 is 1.85. The smallest absolute Gasteiger partial charge is 0.164 e. The predicted octanol–water partition coefficient (Wildman–Crippen LogP) is 15.1. The SMILES string of the molecule is c1ccc(-c2ccc(-c3nc(-c4ccccc4)nc(-c4ccc(-c5ccc6nc(-c7cc8ccccc8c8ccccc78)c7c8ccccc8sc7c6c5)cc4)n3)cc2)cc1. The molecule has 0 aliphatic heterocycles. The van der Waals surface area contributed by atoms with Crippen LogP contribution in [0.2, 0.25) is 0 Å². The summed E-state index contributed by atoms with van der Waals surface area (Å²) in [7, 11) is 0. The fraction of sp³-hybridized carbons (Fsp3) is 0. The minimum absolute atomic E-state index is 0.631. The Kier molecular flexibility index (Phi) is 8.32. The molecule has 0 saturated heterocycles. The Hall–Kier alpha value is -7.86. The van der Waals surface area contributed by atoms with Crippen molar-refractivity contribution in [3.63, 3.8) is 0 Å². The first-order valence-corrected chi connectivity index (χ1v) is 21.3. The highest BCUT2D eigenvalue weighted by atomic mass is 32.1. The van der Waals surface area contributed by atoms with Gasteiger partial charge in [0.1, 0.15) is 0 Å². The van der Waals surface area contributed by atoms with Gasteiger partial charge in [-0.15, -0.1) is 11.3 Å². The molecule has 12 rings (SSSR count). The van der Waals surface area contributed by atoms with Crippen molar-refractivity contribution < 1.29 is 0 Å². The van der Waals surface area contributed by atoms with Crippen LogP contribution in [0.5, 0.6) is 0 Å². The molecular weight excluding hydrogens is 761 g/mol. The molecule has 0 spiro atoms. The quantitative estimate of drug-likeness (QED) is 0.157. The van der Waals surface area contributed by atoms with Crippen LogP contribution >= 0.6 is 11.3 Å². The molecule has 0 amide bonds. The van der Waals surface area contributed by atoms with E-state index in [0.29, 0.717) is 17.5 Å². The van der Waals surface area contributed by atoms with Crippen LogP contribution in [0.25, 0.3) is 120 Å². The number of hydrogen-bond acceptors (Lipinski definition) is 5. The summed E-state index contributed by atoms with van der Waals surface area (Å²) in [6, 6.07) is 72.7. The van der Waals surface area contributed by atoms with Crippen LogP contribution in [0.15, 0.2) is 206 Å². The van der Waals surface area contributed by atoms with Gasteiger partial charge in [-0.05, 0) is 68.1 Å². The van der Waals surface area contributed by atoms with Crippen molar-refractivity contribution in [1.29, 1.82) is 0 Å². The maximum atomic E-state index is 5.51. The second-order valence-corrected chi connectivity index (χ2v) is 16.4. The fourth-order valence-corrected chi connectivity index (χ4v) is 9.92. The van der Waals surface area contributed by atoms with Crippen LogP contribution in [-0.2, 0) is 0 Å². The van der Waals surface area contributed by atoms with E-state index in [1.807, 2.05) is 47.7 Å². The van der Waals surface area contributed by atoms with Crippen molar-refractivity contribution in [2.75, 3.05) is 0 Å². The van der Waals surface area contributed by atoms with Crippen LogP contribution in [0, 0.1) is 0 Å². The molecule has 9 aromatic carbocycles. The molecule has 284 valence electrons. The Balaban J connectivity index is 0.961. The monoisotopic (exact) mass is 794 g/mol. The Morgan fingerprint density at radius 2 is 0.787 bits per heavy atom. The number of fused-ring (bicyclic) bond motifs is 8. The lowest BCUT2D eigenvalue weighted by Gasteiger charge is -2.14. The zero-order valence-electron chi connectivity index (χ0n) is 32.8. The maximum Gasteiger partial charge on any atom is 0.164 e. The van der Waals surface area contributed by atoms with Gasteiger partial charge in [0.2, 0.25) is 0 Å². The first-order chi connectivity index (χ1) is 30.2. The molecule has 61 heavy (non-hydrogen) atoms. The molecule has 0 atom stereocenters. The van der Waals surface area contributed by atoms with Gasteiger partial charge in [-0.2, -0.15) is 0 Å². The second kappa shape index (κ2) is 14.5. The number of pyridine rings is 1. The normalized spacial score (nSPS) is 11.6. The number of thiophene rings is 1. The van der Waals surface area contributed by atoms with Crippen molar-refractivity contribution >= 4 is 64.0 Å². The van der Waals surface area contributed by atoms with Gasteiger partial charge >= 0.3 is 0 Å². The molecule has 0 aliphatic rings. The van der Waals surface area contributed by atoms with Crippen molar-refractivity contribution in [1.82, 2.24) is 19.9 Å². The minimum Gasteiger partial charge on any atom is -0.247 e. The lowest BCUT2D eigenvalue weighted by molar-refractivity contribution is 1.07. The van der Waals surface area contributed by atoms with Crippen molar-refractivity contribution in [2.45, 2.75) is 0 Å². The topological polar surface area (TPSA) is 51.6 Å². The van der Waals surface area contributed by atoms with Crippen LogP contribution in [0.1, 0.15) is 0 Å². The van der Waals surface area contributed by atoms with E-state index in [1.165, 1.54) is 47.3 Å². The molecule has 0 saturated carbocycles. The number of nitrogens with zero attached hydrogens (tertiary/aromatic N) is 4. The zero-order chi connectivity index (χ0) is 40.3. The van der Waals surface area contributed by atoms with E-state index in [0.717, 1.165) is 55.5 Å². The number of aromatic nitrogens is 4. The Morgan fingerprint density at radius 1 is 0.311 bits per heavy atom. The van der Waals surface area contributed by atoms with E-state index in [2.05, 4.69) is 170 Å². The first-order valence-electron chi connectivity index (χ1n) is 20.5. The number of benzene rings is 9. The highest BCUT2D eigenvalue weighted by Gasteiger charge is 2.20. The molecular formula is C56H34N4S. The zero-order valence-corrected chi connectivity index (χ0v) is 33.6. The van der Waals surface area contributed by atoms with Gasteiger partial charge in [0.05, 0.1) is 11.2 Å². The van der Waals surface area contributed by atoms with Crippen LogP contribution in [0.4, 0.5) is 0 Å². The average Bonchev–Trinajstić information content (AvgIpc) is 3.74. The Labute approximate surface area is 356 Å². The Bertz CT molecular complexity index is 3620. The van der Waals surface area contributed by atoms with Gasteiger partial charge < -0.3 is 0 Å². The molecule has 12 aromatic rings. The molecule has 5 heteroatoms. The number of hydrogen-bond donors (Lipinski definition) is 0. The fourth-order valence-electron chi connectivity index (χ4n) is 8.69. The van der Waals surface area contributed by atoms with Crippen molar-refractivity contribution in [3.8, 4) is 67.7 Å². The maximum absolute atomic E-state index is 5.51. The molecule has 3 heterocycles. The number of rotatable bonds is 6. The molecule has 0 unspecified atom stereocenters. The molecule has 0 N–H and O–H groups in total. The van der Waals surface area contributed by atoms with Crippen LogP contribution in [-0.4, -0.2) is 19.9 Å². The van der Waals surface area contributed by atoms with Crippen molar-refractivity contribution in [3.05, 3.63) is 206 Å². The van der Waals surface area contributed by atoms with Gasteiger partial charge in [-0.25, -0.2) is 19.9 Å². The van der Waals surface area contributed by atoms with E-state index in [4.69, 9.17) is 19.9 Å². The predicted molar refractivity (Wildman–Crippen MR) is 256 cm³/mol. The minimum atomic E-state index is 0.631. The average molecular weight is 795 g/mol. The summed E-state index contributed by atoms with van der Waals surface area (Å²) < 4.78 is 2.51. The molecule has 4 nitrogen and oxygen atoms in total. The molecule has 0 fully saturated rings. The molecule has 0 aliphatic carbocycles. The summed E-state index contributed by atoms with van der Waals surface area (Å²) in [6.07, 6.45) is 0. The highest BCUT2D eigenvalue weighted by molar-refractivity contribution is 7.26. The van der Waals surface area contributed by atoms with Gasteiger partial charge in [-0.1, -0.05) is 182 Å². The molecule has 3 aromatic heterocycles. The summed E-state index contributed by atoms with van der Waals surface area (Å²) in [5, 5.41) is 8.51. The second-order valence-electron chi connectivity index (χ2n) is 15.4. The van der Waals surface area contributed by atoms with Gasteiger partial charge in [0, 0.05) is 47.8 Å². The van der Waals surface area contributed by atoms with E-state index in [1.54, 1.807) is 0 Å². The lowest BCUT2D eigenvalue weighted by atomic mass is 9.93. The van der Waals surface area contributed by atoms with Gasteiger partial charge in [-0.3, -0.25) is 0 Å². The van der Waals surface area contributed by atoms with Gasteiger partial charge in [0.25, 0.3) is 0 Å². The van der Waals surface area contributed by atoms with Gasteiger partial charge in [0.15, 0.2) is 17.5 Å². The largest absolute Gasteiger partial charge is 0.247 e. The summed E-state index contributed by atoms with van der Waals surface area (Å²) in [5.74, 6) is 1.91. The third kappa shape index (κ3) is 6.14. The molecule has 0 bridgehead atoms. The van der Waals surface area contributed by atoms with E-state index in [9.17, 15) is 0 Å². The standard InChI is InChI=1S/C56H34N4S/c1-3-13-35(14-4-1)36-23-27-39(28-24-36)55-58-54(38-15-5-2-6-16-38)59-56(60-55)40-29-25-37(26-30-40)41-31-32-49-48(33-41)53-51(46-21-11-12-22-50(46)61-53)52(57-49)47-34-42-17-7-8-18-43(42)44-19-9-10-20-45(44)47/h1-34H. The van der Waals surface area contributed by atoms with Crippen LogP contribution in [0.3, 0.4) is 0 Å². The summed E-state index contributed by atoms with van der Waals surface area (Å²) in [5.41, 5.74) is 10.5. The van der Waals surface area contributed by atoms with E-state index in [-0.39, 0.29) is 0 Å². The van der Waals surface area contributed by atoms with E-state index < -0.39 is 0 Å². The van der Waals surface area contributed by atoms with Crippen molar-refractivity contribution in [2.24, 2.45) is 0 Å². The summed E-state index contributed by atoms with van der Waals surface area (Å²) in [6.45, 7) is 0. The lowest BCUT2D eigenvalue weighted by Crippen LogP contribution is -2.00. The third-order valence-electron chi connectivity index (χ3n) is 11.7. The molecule has 0 radical (unpaired) electrons. The Morgan fingerprint density at radius 3 is 1.46 bits per heavy atom. The summed E-state index contributed by atoms with van der Waals surface area (Å²) in [4.78, 5) is 20.5. The highest BCUT2D eigenvalue weighted by Crippen LogP contribution is 2.46. The van der Waals surface area contributed by atoms with Crippen LogP contribution < -0.4 is 0 Å².